The third-order valence-electron chi connectivity index (χ3n) is 0.659. The number of halogens is 2. The van der Waals surface area contributed by atoms with E-state index in [-0.39, 0.29) is 12.3 Å². The molecular weight excluding hydrogens is 187 g/mol. The van der Waals surface area contributed by atoms with Gasteiger partial charge in [0.05, 0.1) is 0 Å². The van der Waals surface area contributed by atoms with E-state index in [1.165, 1.54) is 0 Å². The van der Waals surface area contributed by atoms with E-state index in [9.17, 15) is 8.42 Å². The summed E-state index contributed by atoms with van der Waals surface area (Å²) in [5.41, 5.74) is 0. The number of rotatable bonds is 3. The minimum Gasteiger partial charge on any atom is -0.284 e. The van der Waals surface area contributed by atoms with Gasteiger partial charge in [-0.2, -0.15) is 8.42 Å². The molecule has 0 rings (SSSR count). The Morgan fingerprint density at radius 3 is 2.11 bits per heavy atom. The van der Waals surface area contributed by atoms with E-state index >= 15 is 0 Å². The highest BCUT2D eigenvalue weighted by Crippen LogP contribution is 2.09. The Morgan fingerprint density at radius 1 is 1.56 bits per heavy atom. The van der Waals surface area contributed by atoms with Crippen LogP contribution in [0.3, 0.4) is 0 Å². The fraction of sp³-hybridized carbons (Fsp3) is 1.00. The maximum atomic E-state index is 10.1. The predicted octanol–water partition coefficient (Wildman–Crippen LogP) is 1.07. The lowest BCUT2D eigenvalue weighted by atomic mass is 10.6. The summed E-state index contributed by atoms with van der Waals surface area (Å²) in [5, 5.41) is 0. The summed E-state index contributed by atoms with van der Waals surface area (Å²) in [6.07, 6.45) is 0.0575. The summed E-state index contributed by atoms with van der Waals surface area (Å²) >= 11 is 10.3. The van der Waals surface area contributed by atoms with Crippen LogP contribution in [0.5, 0.6) is 0 Å². The molecule has 0 saturated carbocycles. The lowest BCUT2D eigenvalue weighted by Crippen LogP contribution is -2.13. The Bertz CT molecular complexity index is 164. The summed E-state index contributed by atoms with van der Waals surface area (Å²) in [7, 11) is -4.08. The zero-order valence-corrected chi connectivity index (χ0v) is 6.75. The first kappa shape index (κ1) is 9.49. The smallest absolute Gasteiger partial charge is 0.281 e. The lowest BCUT2D eigenvalue weighted by Gasteiger charge is -2.00. The highest BCUT2D eigenvalue weighted by atomic mass is 35.5. The van der Waals surface area contributed by atoms with Crippen LogP contribution < -0.4 is 0 Å². The van der Waals surface area contributed by atoms with Gasteiger partial charge in [-0.15, -0.1) is 23.2 Å². The van der Waals surface area contributed by atoms with Crippen molar-refractivity contribution < 1.29 is 13.0 Å². The molecule has 3 nitrogen and oxygen atoms in total. The van der Waals surface area contributed by atoms with Crippen molar-refractivity contribution >= 4 is 33.3 Å². The van der Waals surface area contributed by atoms with Gasteiger partial charge in [0.2, 0.25) is 0 Å². The van der Waals surface area contributed by atoms with E-state index in [2.05, 4.69) is 0 Å². The Hall–Kier alpha value is 0.490. The number of alkyl halides is 2. The van der Waals surface area contributed by atoms with Gasteiger partial charge in [-0.25, -0.2) is 0 Å². The Balaban J connectivity index is 3.90. The molecule has 0 amide bonds. The van der Waals surface area contributed by atoms with Crippen LogP contribution in [-0.2, 0) is 10.1 Å². The maximum absolute atomic E-state index is 10.1. The Labute approximate surface area is 63.7 Å². The average Bonchev–Trinajstić information content (AvgIpc) is 1.64. The molecule has 0 spiro atoms. The van der Waals surface area contributed by atoms with Crippen LogP contribution in [0.2, 0.25) is 0 Å². The molecule has 0 saturated heterocycles. The van der Waals surface area contributed by atoms with Crippen molar-refractivity contribution in [1.82, 2.24) is 0 Å². The second-order valence-corrected chi connectivity index (χ2v) is 4.17. The van der Waals surface area contributed by atoms with Gasteiger partial charge in [-0.3, -0.25) is 4.55 Å². The van der Waals surface area contributed by atoms with E-state index < -0.39 is 14.8 Å². The van der Waals surface area contributed by atoms with Gasteiger partial charge in [0.25, 0.3) is 10.1 Å². The molecule has 6 heteroatoms. The molecule has 0 aliphatic rings. The Morgan fingerprint density at radius 2 is 2.00 bits per heavy atom. The minimum absolute atomic E-state index is 0.0575. The zero-order chi connectivity index (χ0) is 7.49. The van der Waals surface area contributed by atoms with Gasteiger partial charge >= 0.3 is 0 Å². The molecule has 0 radical (unpaired) electrons. The van der Waals surface area contributed by atoms with Gasteiger partial charge in [0.1, 0.15) is 0 Å². The van der Waals surface area contributed by atoms with E-state index in [1.54, 1.807) is 0 Å². The molecule has 0 fully saturated rings. The van der Waals surface area contributed by atoms with Crippen molar-refractivity contribution in [3.8, 4) is 0 Å². The quantitative estimate of drug-likeness (QED) is 0.538. The normalized spacial score (nSPS) is 15.4. The molecule has 0 aromatic rings. The number of hydrogen-bond acceptors (Lipinski definition) is 2. The van der Waals surface area contributed by atoms with Crippen LogP contribution in [0.4, 0.5) is 0 Å². The summed E-state index contributed by atoms with van der Waals surface area (Å²) in [4.78, 5) is 0. The van der Waals surface area contributed by atoms with Gasteiger partial charge in [0.15, 0.2) is 4.71 Å². The molecule has 0 aliphatic carbocycles. The van der Waals surface area contributed by atoms with E-state index in [1.807, 2.05) is 0 Å². The van der Waals surface area contributed by atoms with Crippen molar-refractivity contribution in [1.29, 1.82) is 0 Å². The molecular formula is C3H6Cl2O3S. The topological polar surface area (TPSA) is 54.4 Å². The van der Waals surface area contributed by atoms with Gasteiger partial charge in [-0.1, -0.05) is 0 Å². The molecule has 0 aliphatic heterocycles. The molecule has 0 heterocycles. The van der Waals surface area contributed by atoms with Gasteiger partial charge in [-0.05, 0) is 6.42 Å². The monoisotopic (exact) mass is 192 g/mol. The van der Waals surface area contributed by atoms with E-state index in [0.29, 0.717) is 0 Å². The van der Waals surface area contributed by atoms with E-state index in [4.69, 9.17) is 27.8 Å². The molecule has 1 N–H and O–H groups in total. The molecule has 1 unspecified atom stereocenters. The second kappa shape index (κ2) is 3.61. The zero-order valence-electron chi connectivity index (χ0n) is 4.42. The molecule has 1 atom stereocenters. The second-order valence-electron chi connectivity index (χ2n) is 1.40. The first-order chi connectivity index (χ1) is 3.98. The van der Waals surface area contributed by atoms with Crippen molar-refractivity contribution in [2.24, 2.45) is 0 Å². The minimum atomic E-state index is -4.08. The van der Waals surface area contributed by atoms with Gasteiger partial charge < -0.3 is 0 Å². The highest BCUT2D eigenvalue weighted by molar-refractivity contribution is 7.87. The van der Waals surface area contributed by atoms with Gasteiger partial charge in [0, 0.05) is 5.88 Å². The van der Waals surface area contributed by atoms with Crippen LogP contribution in [0.25, 0.3) is 0 Å². The van der Waals surface area contributed by atoms with Crippen LogP contribution in [-0.4, -0.2) is 23.6 Å². The average molecular weight is 193 g/mol. The lowest BCUT2D eigenvalue weighted by molar-refractivity contribution is 0.478. The van der Waals surface area contributed by atoms with Crippen molar-refractivity contribution in [2.45, 2.75) is 11.1 Å². The van der Waals surface area contributed by atoms with Crippen molar-refractivity contribution in [3.05, 3.63) is 0 Å². The largest absolute Gasteiger partial charge is 0.284 e. The van der Waals surface area contributed by atoms with Crippen LogP contribution in [0.1, 0.15) is 6.42 Å². The number of hydrogen-bond donors (Lipinski definition) is 1. The maximum Gasteiger partial charge on any atom is 0.281 e. The summed E-state index contributed by atoms with van der Waals surface area (Å²) < 4.78 is 27.1. The first-order valence-corrected chi connectivity index (χ1v) is 4.62. The standard InChI is InChI=1S/C3H6Cl2O3S/c4-2-1-3(5)9(6,7)8/h3H,1-2H2,(H,6,7,8). The third-order valence-corrected chi connectivity index (χ3v) is 2.65. The summed E-state index contributed by atoms with van der Waals surface area (Å²) in [5.74, 6) is 0.119. The molecule has 9 heavy (non-hydrogen) atoms. The van der Waals surface area contributed by atoms with E-state index in [0.717, 1.165) is 0 Å². The molecule has 56 valence electrons. The molecule has 0 aromatic heterocycles. The van der Waals surface area contributed by atoms with Crippen LogP contribution in [0.15, 0.2) is 0 Å². The fourth-order valence-corrected chi connectivity index (χ4v) is 1.22. The molecule has 0 aromatic carbocycles. The summed E-state index contributed by atoms with van der Waals surface area (Å²) in [6.45, 7) is 0. The predicted molar refractivity (Wildman–Crippen MR) is 36.5 cm³/mol. The SMILES string of the molecule is O=S(=O)(O)C(Cl)CCCl. The Kier molecular flexibility index (Phi) is 3.80. The van der Waals surface area contributed by atoms with Crippen molar-refractivity contribution in [3.63, 3.8) is 0 Å². The third kappa shape index (κ3) is 3.97. The van der Waals surface area contributed by atoms with Crippen LogP contribution in [0, 0.1) is 0 Å². The molecule has 0 bridgehead atoms. The van der Waals surface area contributed by atoms with Crippen LogP contribution >= 0.6 is 23.2 Å². The fourth-order valence-electron chi connectivity index (χ4n) is 0.235. The van der Waals surface area contributed by atoms with Crippen molar-refractivity contribution in [2.75, 3.05) is 5.88 Å². The highest BCUT2D eigenvalue weighted by Gasteiger charge is 2.17. The first-order valence-electron chi connectivity index (χ1n) is 2.15. The summed E-state index contributed by atoms with van der Waals surface area (Å²) in [6, 6.07) is 0.